The van der Waals surface area contributed by atoms with Gasteiger partial charge in [0.25, 0.3) is 0 Å². The third-order valence-electron chi connectivity index (χ3n) is 3.31. The molecule has 6 nitrogen and oxygen atoms in total. The highest BCUT2D eigenvalue weighted by Crippen LogP contribution is 2.31. The van der Waals surface area contributed by atoms with Gasteiger partial charge in [0, 0.05) is 42.5 Å². The van der Waals surface area contributed by atoms with Crippen molar-refractivity contribution < 1.29 is 9.90 Å². The van der Waals surface area contributed by atoms with Gasteiger partial charge in [0.15, 0.2) is 0 Å². The quantitative estimate of drug-likeness (QED) is 0.747. The standard InChI is InChI=1S/C16H14N4O2/c1-2-20-16(22)13(15(21)12-6-4-8-18-10-12)14(19-20)11-5-3-7-17-9-11/h3-10,22H,2H2,1H3. The number of aromatic hydroxyl groups is 1. The predicted molar refractivity (Wildman–Crippen MR) is 80.5 cm³/mol. The second-order valence-corrected chi connectivity index (χ2v) is 4.68. The number of carbonyl (C=O) groups excluding carboxylic acids is 1. The molecule has 3 rings (SSSR count). The monoisotopic (exact) mass is 294 g/mol. The van der Waals surface area contributed by atoms with Crippen LogP contribution in [-0.4, -0.2) is 30.6 Å². The third kappa shape index (κ3) is 2.35. The van der Waals surface area contributed by atoms with Crippen molar-refractivity contribution in [1.29, 1.82) is 0 Å². The van der Waals surface area contributed by atoms with Gasteiger partial charge in [-0.25, -0.2) is 4.68 Å². The maximum atomic E-state index is 12.7. The van der Waals surface area contributed by atoms with Crippen LogP contribution in [-0.2, 0) is 6.54 Å². The van der Waals surface area contributed by atoms with Crippen LogP contribution in [0.3, 0.4) is 0 Å². The van der Waals surface area contributed by atoms with Crippen LogP contribution in [0.2, 0.25) is 0 Å². The molecule has 0 fully saturated rings. The Bertz CT molecular complexity index is 798. The highest BCUT2D eigenvalue weighted by atomic mass is 16.3. The maximum absolute atomic E-state index is 12.7. The molecule has 0 unspecified atom stereocenters. The van der Waals surface area contributed by atoms with E-state index in [1.54, 1.807) is 42.9 Å². The van der Waals surface area contributed by atoms with Gasteiger partial charge in [-0.3, -0.25) is 14.8 Å². The molecule has 0 atom stereocenters. The van der Waals surface area contributed by atoms with Crippen molar-refractivity contribution in [2.75, 3.05) is 0 Å². The smallest absolute Gasteiger partial charge is 0.221 e. The lowest BCUT2D eigenvalue weighted by Gasteiger charge is -2.02. The fourth-order valence-electron chi connectivity index (χ4n) is 2.23. The summed E-state index contributed by atoms with van der Waals surface area (Å²) in [6.07, 6.45) is 6.32. The van der Waals surface area contributed by atoms with E-state index >= 15 is 0 Å². The minimum Gasteiger partial charge on any atom is -0.493 e. The van der Waals surface area contributed by atoms with Gasteiger partial charge in [0.05, 0.1) is 0 Å². The van der Waals surface area contributed by atoms with Crippen LogP contribution in [0, 0.1) is 0 Å². The third-order valence-corrected chi connectivity index (χ3v) is 3.31. The van der Waals surface area contributed by atoms with Crippen LogP contribution < -0.4 is 0 Å². The van der Waals surface area contributed by atoms with E-state index in [2.05, 4.69) is 15.1 Å². The van der Waals surface area contributed by atoms with Gasteiger partial charge in [0.2, 0.25) is 11.7 Å². The van der Waals surface area contributed by atoms with Gasteiger partial charge in [-0.2, -0.15) is 5.10 Å². The second-order valence-electron chi connectivity index (χ2n) is 4.68. The van der Waals surface area contributed by atoms with Crippen molar-refractivity contribution in [3.63, 3.8) is 0 Å². The van der Waals surface area contributed by atoms with Crippen LogP contribution in [0.25, 0.3) is 11.3 Å². The number of aryl methyl sites for hydroxylation is 1. The molecule has 0 spiro atoms. The molecule has 22 heavy (non-hydrogen) atoms. The number of pyridine rings is 2. The lowest BCUT2D eigenvalue weighted by molar-refractivity contribution is 0.103. The number of hydrogen-bond acceptors (Lipinski definition) is 5. The van der Waals surface area contributed by atoms with Crippen molar-refractivity contribution in [1.82, 2.24) is 19.7 Å². The number of nitrogens with zero attached hydrogens (tertiary/aromatic N) is 4. The molecular formula is C16H14N4O2. The molecule has 0 aromatic carbocycles. The normalized spacial score (nSPS) is 10.6. The Morgan fingerprint density at radius 3 is 2.50 bits per heavy atom. The van der Waals surface area contributed by atoms with Crippen molar-refractivity contribution in [3.8, 4) is 17.1 Å². The lowest BCUT2D eigenvalue weighted by atomic mass is 10.0. The minimum atomic E-state index is -0.316. The molecule has 6 heteroatoms. The molecule has 0 bridgehead atoms. The summed E-state index contributed by atoms with van der Waals surface area (Å²) in [5.41, 5.74) is 1.67. The summed E-state index contributed by atoms with van der Waals surface area (Å²) in [6, 6.07) is 6.90. The molecule has 0 radical (unpaired) electrons. The molecule has 0 aliphatic rings. The fraction of sp³-hybridized carbons (Fsp3) is 0.125. The highest BCUT2D eigenvalue weighted by molar-refractivity contribution is 6.13. The fourth-order valence-corrected chi connectivity index (χ4v) is 2.23. The van der Waals surface area contributed by atoms with E-state index in [4.69, 9.17) is 0 Å². The van der Waals surface area contributed by atoms with E-state index in [-0.39, 0.29) is 17.2 Å². The molecule has 3 aromatic heterocycles. The molecule has 0 aliphatic carbocycles. The van der Waals surface area contributed by atoms with Gasteiger partial charge in [-0.1, -0.05) is 0 Å². The van der Waals surface area contributed by atoms with Gasteiger partial charge >= 0.3 is 0 Å². The van der Waals surface area contributed by atoms with Crippen molar-refractivity contribution in [2.24, 2.45) is 0 Å². The number of hydrogen-bond donors (Lipinski definition) is 1. The first-order chi connectivity index (χ1) is 10.7. The highest BCUT2D eigenvalue weighted by Gasteiger charge is 2.25. The van der Waals surface area contributed by atoms with Crippen LogP contribution in [0.5, 0.6) is 5.88 Å². The van der Waals surface area contributed by atoms with Crippen LogP contribution in [0.1, 0.15) is 22.8 Å². The maximum Gasteiger partial charge on any atom is 0.221 e. The Balaban J connectivity index is 2.18. The number of aromatic nitrogens is 4. The number of carbonyl (C=O) groups is 1. The van der Waals surface area contributed by atoms with E-state index < -0.39 is 0 Å². The van der Waals surface area contributed by atoms with E-state index in [0.29, 0.717) is 23.4 Å². The minimum absolute atomic E-state index is 0.143. The van der Waals surface area contributed by atoms with Crippen molar-refractivity contribution in [3.05, 3.63) is 60.2 Å². The van der Waals surface area contributed by atoms with Crippen LogP contribution in [0.4, 0.5) is 0 Å². The summed E-state index contributed by atoms with van der Waals surface area (Å²) < 4.78 is 1.39. The zero-order chi connectivity index (χ0) is 15.5. The first kappa shape index (κ1) is 13.9. The summed E-state index contributed by atoms with van der Waals surface area (Å²) in [5.74, 6) is -0.459. The molecule has 110 valence electrons. The van der Waals surface area contributed by atoms with Gasteiger partial charge < -0.3 is 5.11 Å². The largest absolute Gasteiger partial charge is 0.493 e. The Morgan fingerprint density at radius 2 is 1.91 bits per heavy atom. The lowest BCUT2D eigenvalue weighted by Crippen LogP contribution is -2.03. The molecule has 0 saturated carbocycles. The summed E-state index contributed by atoms with van der Waals surface area (Å²) in [7, 11) is 0. The zero-order valence-corrected chi connectivity index (χ0v) is 12.0. The Morgan fingerprint density at radius 1 is 1.18 bits per heavy atom. The Kier molecular flexibility index (Phi) is 3.65. The summed E-state index contributed by atoms with van der Waals surface area (Å²) >= 11 is 0. The molecular weight excluding hydrogens is 280 g/mol. The Hall–Kier alpha value is -3.02. The van der Waals surface area contributed by atoms with Crippen molar-refractivity contribution >= 4 is 5.78 Å². The molecule has 3 aromatic rings. The van der Waals surface area contributed by atoms with E-state index in [1.807, 2.05) is 6.92 Å². The topological polar surface area (TPSA) is 80.9 Å². The average molecular weight is 294 g/mol. The molecule has 0 amide bonds. The van der Waals surface area contributed by atoms with Crippen LogP contribution in [0.15, 0.2) is 49.1 Å². The molecule has 1 N–H and O–H groups in total. The van der Waals surface area contributed by atoms with Gasteiger partial charge in [-0.05, 0) is 31.2 Å². The van der Waals surface area contributed by atoms with E-state index in [1.165, 1.54) is 10.9 Å². The summed E-state index contributed by atoms with van der Waals surface area (Å²) in [5, 5.41) is 14.7. The zero-order valence-electron chi connectivity index (χ0n) is 12.0. The van der Waals surface area contributed by atoms with Gasteiger partial charge in [0.1, 0.15) is 11.3 Å². The number of ketones is 1. The van der Waals surface area contributed by atoms with E-state index in [0.717, 1.165) is 0 Å². The molecule has 0 aliphatic heterocycles. The first-order valence-corrected chi connectivity index (χ1v) is 6.87. The molecule has 3 heterocycles. The Labute approximate surface area is 127 Å². The average Bonchev–Trinajstić information content (AvgIpc) is 2.92. The summed E-state index contributed by atoms with van der Waals surface area (Å²) in [4.78, 5) is 20.7. The second kappa shape index (κ2) is 5.77. The first-order valence-electron chi connectivity index (χ1n) is 6.87. The molecule has 0 saturated heterocycles. The van der Waals surface area contributed by atoms with E-state index in [9.17, 15) is 9.90 Å². The van der Waals surface area contributed by atoms with Gasteiger partial charge in [-0.15, -0.1) is 0 Å². The SMILES string of the molecule is CCn1nc(-c2cccnc2)c(C(=O)c2cccnc2)c1O. The van der Waals surface area contributed by atoms with Crippen molar-refractivity contribution in [2.45, 2.75) is 13.5 Å². The number of rotatable bonds is 4. The predicted octanol–water partition coefficient (Wildman–Crippen LogP) is 2.30. The van der Waals surface area contributed by atoms with Crippen LogP contribution >= 0.6 is 0 Å². The summed E-state index contributed by atoms with van der Waals surface area (Å²) in [6.45, 7) is 2.30.